The van der Waals surface area contributed by atoms with E-state index in [0.717, 1.165) is 25.2 Å². The van der Waals surface area contributed by atoms with Crippen molar-refractivity contribution in [1.82, 2.24) is 9.97 Å². The van der Waals surface area contributed by atoms with Gasteiger partial charge in [-0.25, -0.2) is 9.97 Å². The number of nitrogens with two attached hydrogens (primary N) is 1. The summed E-state index contributed by atoms with van der Waals surface area (Å²) in [4.78, 5) is 10.2. The number of anilines is 2. The monoisotopic (exact) mass is 208 g/mol. The van der Waals surface area contributed by atoms with Crippen molar-refractivity contribution in [2.75, 3.05) is 23.8 Å². The molecule has 1 atom stereocenters. The molecule has 15 heavy (non-hydrogen) atoms. The first kappa shape index (κ1) is 10.2. The van der Waals surface area contributed by atoms with Crippen LogP contribution in [-0.2, 0) is 0 Å². The summed E-state index contributed by atoms with van der Waals surface area (Å²) in [5, 5.41) is 9.28. The second kappa shape index (κ2) is 4.44. The molecule has 0 aliphatic carbocycles. The Morgan fingerprint density at radius 1 is 1.47 bits per heavy atom. The predicted molar refractivity (Wildman–Crippen MR) is 58.5 cm³/mol. The SMILES string of the molecule is Nc1cc(N2CCCCC2CO)ncn1. The van der Waals surface area contributed by atoms with Crippen LogP contribution in [0.4, 0.5) is 11.6 Å². The highest BCUT2D eigenvalue weighted by atomic mass is 16.3. The number of nitrogen functional groups attached to an aromatic ring is 1. The first-order valence-electron chi connectivity index (χ1n) is 5.26. The molecule has 0 bridgehead atoms. The normalized spacial score (nSPS) is 21.7. The van der Waals surface area contributed by atoms with Gasteiger partial charge in [-0.3, -0.25) is 0 Å². The molecule has 1 aromatic rings. The summed E-state index contributed by atoms with van der Waals surface area (Å²) < 4.78 is 0. The zero-order valence-electron chi connectivity index (χ0n) is 8.63. The van der Waals surface area contributed by atoms with Crippen molar-refractivity contribution < 1.29 is 5.11 Å². The Hall–Kier alpha value is -1.36. The Labute approximate surface area is 88.9 Å². The van der Waals surface area contributed by atoms with Crippen LogP contribution in [0.1, 0.15) is 19.3 Å². The van der Waals surface area contributed by atoms with E-state index in [9.17, 15) is 5.11 Å². The molecule has 0 spiro atoms. The third-order valence-electron chi connectivity index (χ3n) is 2.81. The average Bonchev–Trinajstić information content (AvgIpc) is 2.29. The second-order valence-electron chi connectivity index (χ2n) is 3.83. The number of aliphatic hydroxyl groups is 1. The summed E-state index contributed by atoms with van der Waals surface area (Å²) in [7, 11) is 0. The summed E-state index contributed by atoms with van der Waals surface area (Å²) in [6.45, 7) is 1.10. The van der Waals surface area contributed by atoms with Crippen molar-refractivity contribution in [1.29, 1.82) is 0 Å². The third-order valence-corrected chi connectivity index (χ3v) is 2.81. The number of hydrogen-bond donors (Lipinski definition) is 2. The Bertz CT molecular complexity index is 331. The van der Waals surface area contributed by atoms with Gasteiger partial charge in [0.05, 0.1) is 12.6 Å². The topological polar surface area (TPSA) is 75.3 Å². The lowest BCUT2D eigenvalue weighted by Crippen LogP contribution is -2.42. The van der Waals surface area contributed by atoms with Crippen LogP contribution in [0.5, 0.6) is 0 Å². The largest absolute Gasteiger partial charge is 0.394 e. The van der Waals surface area contributed by atoms with Crippen LogP contribution in [0.25, 0.3) is 0 Å². The van der Waals surface area contributed by atoms with Gasteiger partial charge in [0.25, 0.3) is 0 Å². The predicted octanol–water partition coefficient (Wildman–Crippen LogP) is 0.410. The van der Waals surface area contributed by atoms with E-state index in [-0.39, 0.29) is 12.6 Å². The fourth-order valence-corrected chi connectivity index (χ4v) is 2.01. The van der Waals surface area contributed by atoms with Crippen LogP contribution in [0, 0.1) is 0 Å². The lowest BCUT2D eigenvalue weighted by atomic mass is 10.0. The molecular formula is C10H16N4O. The molecule has 0 aromatic carbocycles. The summed E-state index contributed by atoms with van der Waals surface area (Å²) in [6.07, 6.45) is 4.79. The highest BCUT2D eigenvalue weighted by molar-refractivity contribution is 5.47. The van der Waals surface area contributed by atoms with Crippen LogP contribution in [-0.4, -0.2) is 34.3 Å². The molecule has 1 saturated heterocycles. The van der Waals surface area contributed by atoms with Crippen molar-refractivity contribution in [3.63, 3.8) is 0 Å². The van der Waals surface area contributed by atoms with Crippen molar-refractivity contribution >= 4 is 11.6 Å². The molecule has 5 nitrogen and oxygen atoms in total. The molecule has 1 aromatic heterocycles. The highest BCUT2D eigenvalue weighted by Crippen LogP contribution is 2.23. The maximum atomic E-state index is 9.28. The second-order valence-corrected chi connectivity index (χ2v) is 3.83. The molecule has 0 saturated carbocycles. The minimum absolute atomic E-state index is 0.171. The van der Waals surface area contributed by atoms with Crippen LogP contribution in [0.15, 0.2) is 12.4 Å². The van der Waals surface area contributed by atoms with Gasteiger partial charge in [-0.2, -0.15) is 0 Å². The Kier molecular flexibility index (Phi) is 3.01. The molecule has 0 radical (unpaired) electrons. The Morgan fingerprint density at radius 2 is 2.33 bits per heavy atom. The lowest BCUT2D eigenvalue weighted by molar-refractivity contribution is 0.239. The maximum absolute atomic E-state index is 9.28. The van der Waals surface area contributed by atoms with Gasteiger partial charge in [-0.1, -0.05) is 0 Å². The minimum Gasteiger partial charge on any atom is -0.394 e. The van der Waals surface area contributed by atoms with E-state index in [1.54, 1.807) is 6.07 Å². The molecule has 2 rings (SSSR count). The number of aromatic nitrogens is 2. The molecule has 1 unspecified atom stereocenters. The summed E-state index contributed by atoms with van der Waals surface area (Å²) >= 11 is 0. The molecule has 0 amide bonds. The van der Waals surface area contributed by atoms with E-state index in [4.69, 9.17) is 5.73 Å². The molecule has 2 heterocycles. The first-order valence-corrected chi connectivity index (χ1v) is 5.26. The van der Waals surface area contributed by atoms with Crippen LogP contribution in [0.2, 0.25) is 0 Å². The van der Waals surface area contributed by atoms with Gasteiger partial charge < -0.3 is 15.7 Å². The van der Waals surface area contributed by atoms with E-state index in [1.807, 2.05) is 0 Å². The number of piperidine rings is 1. The Morgan fingerprint density at radius 3 is 3.07 bits per heavy atom. The van der Waals surface area contributed by atoms with Gasteiger partial charge in [0.15, 0.2) is 0 Å². The number of aliphatic hydroxyl groups excluding tert-OH is 1. The van der Waals surface area contributed by atoms with E-state index < -0.39 is 0 Å². The van der Waals surface area contributed by atoms with Crippen molar-refractivity contribution in [2.24, 2.45) is 0 Å². The van der Waals surface area contributed by atoms with Crippen LogP contribution >= 0.6 is 0 Å². The van der Waals surface area contributed by atoms with Gasteiger partial charge in [0, 0.05) is 12.6 Å². The summed E-state index contributed by atoms with van der Waals surface area (Å²) in [5.41, 5.74) is 5.61. The van der Waals surface area contributed by atoms with Crippen molar-refractivity contribution in [3.8, 4) is 0 Å². The zero-order chi connectivity index (χ0) is 10.7. The minimum atomic E-state index is 0.171. The van der Waals surface area contributed by atoms with E-state index in [1.165, 1.54) is 12.7 Å². The molecule has 1 fully saturated rings. The number of hydrogen-bond acceptors (Lipinski definition) is 5. The van der Waals surface area contributed by atoms with Crippen molar-refractivity contribution in [2.45, 2.75) is 25.3 Å². The molecule has 1 aliphatic rings. The fourth-order valence-electron chi connectivity index (χ4n) is 2.01. The van der Waals surface area contributed by atoms with Gasteiger partial charge in [0.1, 0.15) is 18.0 Å². The van der Waals surface area contributed by atoms with Crippen LogP contribution in [0.3, 0.4) is 0 Å². The van der Waals surface area contributed by atoms with E-state index in [0.29, 0.717) is 5.82 Å². The van der Waals surface area contributed by atoms with E-state index in [2.05, 4.69) is 14.9 Å². The fraction of sp³-hybridized carbons (Fsp3) is 0.600. The quantitative estimate of drug-likeness (QED) is 0.736. The average molecular weight is 208 g/mol. The zero-order valence-corrected chi connectivity index (χ0v) is 8.63. The van der Waals surface area contributed by atoms with Gasteiger partial charge in [-0.15, -0.1) is 0 Å². The third kappa shape index (κ3) is 2.18. The van der Waals surface area contributed by atoms with Gasteiger partial charge >= 0.3 is 0 Å². The molecular weight excluding hydrogens is 192 g/mol. The standard InChI is InChI=1S/C10H16N4O/c11-9-5-10(13-7-12-9)14-4-2-1-3-8(14)6-15/h5,7-8,15H,1-4,6H2,(H2,11,12,13). The summed E-state index contributed by atoms with van der Waals surface area (Å²) in [6, 6.07) is 1.93. The Balaban J connectivity index is 2.20. The first-order chi connectivity index (χ1) is 7.31. The number of nitrogens with zero attached hydrogens (tertiary/aromatic N) is 3. The van der Waals surface area contributed by atoms with Crippen LogP contribution < -0.4 is 10.6 Å². The van der Waals surface area contributed by atoms with Gasteiger partial charge in [0.2, 0.25) is 0 Å². The maximum Gasteiger partial charge on any atom is 0.134 e. The van der Waals surface area contributed by atoms with Crippen molar-refractivity contribution in [3.05, 3.63) is 12.4 Å². The summed E-state index contributed by atoms with van der Waals surface area (Å²) in [5.74, 6) is 1.29. The van der Waals surface area contributed by atoms with Gasteiger partial charge in [-0.05, 0) is 19.3 Å². The highest BCUT2D eigenvalue weighted by Gasteiger charge is 2.22. The van der Waals surface area contributed by atoms with E-state index >= 15 is 0 Å². The lowest BCUT2D eigenvalue weighted by Gasteiger charge is -2.35. The molecule has 1 aliphatic heterocycles. The molecule has 82 valence electrons. The number of rotatable bonds is 2. The smallest absolute Gasteiger partial charge is 0.134 e. The molecule has 5 heteroatoms. The molecule has 3 N–H and O–H groups in total.